The first-order chi connectivity index (χ1) is 8.15. The van der Waals surface area contributed by atoms with Crippen LogP contribution in [0.3, 0.4) is 0 Å². The van der Waals surface area contributed by atoms with Crippen molar-refractivity contribution < 1.29 is 9.18 Å². The second kappa shape index (κ2) is 5.63. The van der Waals surface area contributed by atoms with E-state index in [2.05, 4.69) is 0 Å². The third kappa shape index (κ3) is 3.53. The fourth-order valence-corrected chi connectivity index (χ4v) is 2.66. The number of benzene rings is 1. The molecule has 1 aliphatic carbocycles. The summed E-state index contributed by atoms with van der Waals surface area (Å²) in [6, 6.07) is 4.44. The summed E-state index contributed by atoms with van der Waals surface area (Å²) in [4.78, 5) is 11.5. The largest absolute Gasteiger partial charge is 0.300 e. The molecule has 1 aliphatic rings. The van der Waals surface area contributed by atoms with Crippen LogP contribution in [0.5, 0.6) is 0 Å². The van der Waals surface area contributed by atoms with Gasteiger partial charge in [-0.1, -0.05) is 18.0 Å². The van der Waals surface area contributed by atoms with Crippen LogP contribution >= 0.6 is 11.6 Å². The molecule has 3 heteroatoms. The van der Waals surface area contributed by atoms with Gasteiger partial charge >= 0.3 is 0 Å². The van der Waals surface area contributed by atoms with Crippen molar-refractivity contribution in [2.75, 3.05) is 0 Å². The van der Waals surface area contributed by atoms with Gasteiger partial charge in [-0.2, -0.15) is 0 Å². The van der Waals surface area contributed by atoms with Crippen molar-refractivity contribution in [2.24, 2.45) is 5.92 Å². The highest BCUT2D eigenvalue weighted by molar-refractivity contribution is 6.31. The molecule has 1 atom stereocenters. The van der Waals surface area contributed by atoms with E-state index in [0.29, 0.717) is 36.0 Å². The Morgan fingerprint density at radius 3 is 3.00 bits per heavy atom. The molecule has 1 unspecified atom stereocenters. The van der Waals surface area contributed by atoms with E-state index in [1.165, 1.54) is 12.1 Å². The van der Waals surface area contributed by atoms with Crippen LogP contribution in [0.1, 0.15) is 37.7 Å². The van der Waals surface area contributed by atoms with E-state index >= 15 is 0 Å². The molecular formula is C14H16ClFO. The predicted octanol–water partition coefficient (Wildman–Crippen LogP) is 4.17. The monoisotopic (exact) mass is 254 g/mol. The summed E-state index contributed by atoms with van der Waals surface area (Å²) >= 11 is 6.04. The molecule has 0 radical (unpaired) electrons. The lowest BCUT2D eigenvalue weighted by Crippen LogP contribution is -2.08. The summed E-state index contributed by atoms with van der Waals surface area (Å²) < 4.78 is 13.1. The number of ketones is 1. The van der Waals surface area contributed by atoms with Gasteiger partial charge < -0.3 is 0 Å². The van der Waals surface area contributed by atoms with Crippen LogP contribution in [0.2, 0.25) is 5.02 Å². The molecule has 0 heterocycles. The first-order valence-corrected chi connectivity index (χ1v) is 6.48. The number of hydrogen-bond donors (Lipinski definition) is 0. The average molecular weight is 255 g/mol. The molecule has 0 amide bonds. The quantitative estimate of drug-likeness (QED) is 0.724. The van der Waals surface area contributed by atoms with E-state index in [0.717, 1.165) is 24.8 Å². The Balaban J connectivity index is 2.08. The molecule has 0 bridgehead atoms. The van der Waals surface area contributed by atoms with Crippen molar-refractivity contribution in [1.82, 2.24) is 0 Å². The third-order valence-electron chi connectivity index (χ3n) is 3.35. The van der Waals surface area contributed by atoms with Gasteiger partial charge in [0.25, 0.3) is 0 Å². The van der Waals surface area contributed by atoms with Crippen LogP contribution in [-0.4, -0.2) is 5.78 Å². The highest BCUT2D eigenvalue weighted by Crippen LogP contribution is 2.27. The minimum Gasteiger partial charge on any atom is -0.300 e. The molecule has 0 aromatic heterocycles. The van der Waals surface area contributed by atoms with Crippen LogP contribution in [0, 0.1) is 11.7 Å². The molecule has 92 valence electrons. The zero-order valence-corrected chi connectivity index (χ0v) is 10.5. The van der Waals surface area contributed by atoms with Crippen LogP contribution in [0.4, 0.5) is 4.39 Å². The van der Waals surface area contributed by atoms with Gasteiger partial charge in [0.05, 0.1) is 0 Å². The highest BCUT2D eigenvalue weighted by atomic mass is 35.5. The smallest absolute Gasteiger partial charge is 0.133 e. The Kier molecular flexibility index (Phi) is 4.16. The lowest BCUT2D eigenvalue weighted by atomic mass is 9.92. The maximum atomic E-state index is 13.1. The molecule has 0 N–H and O–H groups in total. The highest BCUT2D eigenvalue weighted by Gasteiger charge is 2.19. The van der Waals surface area contributed by atoms with Gasteiger partial charge in [0.15, 0.2) is 0 Å². The zero-order valence-electron chi connectivity index (χ0n) is 9.72. The van der Waals surface area contributed by atoms with E-state index in [4.69, 9.17) is 11.6 Å². The lowest BCUT2D eigenvalue weighted by molar-refractivity contribution is -0.119. The molecule has 0 spiro atoms. The summed E-state index contributed by atoms with van der Waals surface area (Å²) in [5, 5.41) is 0.600. The number of rotatable bonds is 2. The standard InChI is InChI=1S/C14H16ClFO/c15-14-6-5-12(16)9-11(14)7-10-3-1-2-4-13(17)8-10/h5-6,9-10H,1-4,7-8H2. The van der Waals surface area contributed by atoms with Crippen LogP contribution in [-0.2, 0) is 11.2 Å². The third-order valence-corrected chi connectivity index (χ3v) is 3.72. The van der Waals surface area contributed by atoms with Crippen LogP contribution < -0.4 is 0 Å². The predicted molar refractivity (Wildman–Crippen MR) is 66.7 cm³/mol. The number of Topliss-reactive ketones (excluding diaryl/α,β-unsaturated/α-hetero) is 1. The Hall–Kier alpha value is -0.890. The van der Waals surface area contributed by atoms with Crippen molar-refractivity contribution in [3.05, 3.63) is 34.6 Å². The van der Waals surface area contributed by atoms with E-state index in [1.807, 2.05) is 0 Å². The minimum absolute atomic E-state index is 0.260. The number of carbonyl (C=O) groups excluding carboxylic acids is 1. The summed E-state index contributed by atoms with van der Waals surface area (Å²) in [6.07, 6.45) is 5.15. The Bertz CT molecular complexity index is 417. The average Bonchev–Trinajstić information content (AvgIpc) is 2.48. The summed E-state index contributed by atoms with van der Waals surface area (Å²) in [6.45, 7) is 0. The fraction of sp³-hybridized carbons (Fsp3) is 0.500. The molecule has 0 aliphatic heterocycles. The van der Waals surface area contributed by atoms with Gasteiger partial charge in [-0.25, -0.2) is 4.39 Å². The van der Waals surface area contributed by atoms with Crippen molar-refractivity contribution in [3.8, 4) is 0 Å². The number of hydrogen-bond acceptors (Lipinski definition) is 1. The first kappa shape index (κ1) is 12.6. The fourth-order valence-electron chi connectivity index (χ4n) is 2.47. The Morgan fingerprint density at radius 1 is 1.35 bits per heavy atom. The van der Waals surface area contributed by atoms with Gasteiger partial charge in [-0.05, 0) is 48.9 Å². The van der Waals surface area contributed by atoms with E-state index in [9.17, 15) is 9.18 Å². The molecule has 2 rings (SSSR count). The molecule has 1 aromatic rings. The van der Waals surface area contributed by atoms with Crippen molar-refractivity contribution in [3.63, 3.8) is 0 Å². The van der Waals surface area contributed by atoms with Crippen molar-refractivity contribution in [2.45, 2.75) is 38.5 Å². The second-order valence-corrected chi connectivity index (χ2v) is 5.20. The van der Waals surface area contributed by atoms with Crippen LogP contribution in [0.15, 0.2) is 18.2 Å². The summed E-state index contributed by atoms with van der Waals surface area (Å²) in [7, 11) is 0. The summed E-state index contributed by atoms with van der Waals surface area (Å²) in [5.74, 6) is 0.397. The van der Waals surface area contributed by atoms with Gasteiger partial charge in [0.1, 0.15) is 11.6 Å². The van der Waals surface area contributed by atoms with Crippen molar-refractivity contribution >= 4 is 17.4 Å². The zero-order chi connectivity index (χ0) is 12.3. The van der Waals surface area contributed by atoms with Gasteiger partial charge in [-0.15, -0.1) is 0 Å². The van der Waals surface area contributed by atoms with E-state index in [-0.39, 0.29) is 5.82 Å². The molecule has 1 aromatic carbocycles. The Labute approximate surface area is 106 Å². The van der Waals surface area contributed by atoms with E-state index < -0.39 is 0 Å². The van der Waals surface area contributed by atoms with Gasteiger partial charge in [0.2, 0.25) is 0 Å². The molecular weight excluding hydrogens is 239 g/mol. The lowest BCUT2D eigenvalue weighted by Gasteiger charge is -2.14. The van der Waals surface area contributed by atoms with E-state index in [1.54, 1.807) is 6.07 Å². The Morgan fingerprint density at radius 2 is 2.18 bits per heavy atom. The second-order valence-electron chi connectivity index (χ2n) is 4.79. The van der Waals surface area contributed by atoms with Gasteiger partial charge in [0, 0.05) is 17.9 Å². The number of halogens is 2. The summed E-state index contributed by atoms with van der Waals surface area (Å²) in [5.41, 5.74) is 0.825. The molecule has 1 saturated carbocycles. The minimum atomic E-state index is -0.260. The molecule has 1 nitrogen and oxygen atoms in total. The first-order valence-electron chi connectivity index (χ1n) is 6.11. The van der Waals surface area contributed by atoms with Crippen molar-refractivity contribution in [1.29, 1.82) is 0 Å². The molecule has 1 fully saturated rings. The maximum Gasteiger partial charge on any atom is 0.133 e. The number of carbonyl (C=O) groups is 1. The topological polar surface area (TPSA) is 17.1 Å². The normalized spacial score (nSPS) is 21.3. The maximum absolute atomic E-state index is 13.1. The van der Waals surface area contributed by atoms with Gasteiger partial charge in [-0.3, -0.25) is 4.79 Å². The molecule has 0 saturated heterocycles. The molecule has 17 heavy (non-hydrogen) atoms. The SMILES string of the molecule is O=C1CCCCC(Cc2cc(F)ccc2Cl)C1. The van der Waals surface area contributed by atoms with Crippen LogP contribution in [0.25, 0.3) is 0 Å².